The summed E-state index contributed by atoms with van der Waals surface area (Å²) in [6.07, 6.45) is 11.6. The van der Waals surface area contributed by atoms with Crippen molar-refractivity contribution in [3.63, 3.8) is 0 Å². The van der Waals surface area contributed by atoms with Crippen LogP contribution in [-0.2, 0) is 4.79 Å². The minimum Gasteiger partial charge on any atom is -0.353 e. The van der Waals surface area contributed by atoms with Gasteiger partial charge in [0, 0.05) is 11.5 Å². The molecule has 3 aliphatic carbocycles. The van der Waals surface area contributed by atoms with Gasteiger partial charge in [-0.15, -0.1) is 0 Å². The molecule has 0 aromatic rings. The largest absolute Gasteiger partial charge is 0.353 e. The summed E-state index contributed by atoms with van der Waals surface area (Å²) in [6.45, 7) is 4.42. The lowest BCUT2D eigenvalue weighted by Gasteiger charge is -2.35. The first-order valence-electron chi connectivity index (χ1n) is 8.39. The number of carbonyl (C=O) groups is 1. The highest BCUT2D eigenvalue weighted by Gasteiger charge is 2.43. The van der Waals surface area contributed by atoms with Crippen molar-refractivity contribution in [3.05, 3.63) is 0 Å². The van der Waals surface area contributed by atoms with E-state index in [0.717, 1.165) is 30.6 Å². The molecule has 0 heterocycles. The summed E-state index contributed by atoms with van der Waals surface area (Å²) >= 11 is 0. The van der Waals surface area contributed by atoms with Gasteiger partial charge in [-0.2, -0.15) is 0 Å². The van der Waals surface area contributed by atoms with Crippen LogP contribution in [0.2, 0.25) is 0 Å². The summed E-state index contributed by atoms with van der Waals surface area (Å²) < 4.78 is 0. The normalized spacial score (nSPS) is 38.1. The summed E-state index contributed by atoms with van der Waals surface area (Å²) in [6, 6.07) is 0.390. The van der Waals surface area contributed by atoms with Gasteiger partial charge in [0.15, 0.2) is 0 Å². The smallest absolute Gasteiger partial charge is 0.226 e. The van der Waals surface area contributed by atoms with Crippen molar-refractivity contribution in [2.45, 2.75) is 77.7 Å². The molecule has 3 rings (SSSR count). The third-order valence-electron chi connectivity index (χ3n) is 6.30. The molecule has 1 amide bonds. The van der Waals surface area contributed by atoms with E-state index >= 15 is 0 Å². The minimum absolute atomic E-state index is 0.0792. The third-order valence-corrected chi connectivity index (χ3v) is 6.30. The zero-order valence-electron chi connectivity index (χ0n) is 12.6. The lowest BCUT2D eigenvalue weighted by Crippen LogP contribution is -2.47. The minimum atomic E-state index is -0.0792. The van der Waals surface area contributed by atoms with Crippen molar-refractivity contribution in [3.8, 4) is 0 Å². The maximum Gasteiger partial charge on any atom is 0.226 e. The van der Waals surface area contributed by atoms with Gasteiger partial charge in [-0.1, -0.05) is 32.6 Å². The Hall–Kier alpha value is -0.530. The fourth-order valence-corrected chi connectivity index (χ4v) is 4.95. The van der Waals surface area contributed by atoms with Gasteiger partial charge in [0.25, 0.3) is 0 Å². The van der Waals surface area contributed by atoms with E-state index in [9.17, 15) is 4.79 Å². The summed E-state index contributed by atoms with van der Waals surface area (Å²) in [5, 5.41) is 3.38. The maximum atomic E-state index is 12.6. The maximum absolute atomic E-state index is 12.6. The predicted octanol–water partition coefficient (Wildman–Crippen LogP) is 3.90. The Balaban J connectivity index is 1.57. The van der Waals surface area contributed by atoms with Crippen LogP contribution in [-0.4, -0.2) is 11.9 Å². The first-order valence-corrected chi connectivity index (χ1v) is 8.39. The molecule has 0 aliphatic heterocycles. The standard InChI is InChI=1S/C17H29NO/c1-12(15-11-13-6-7-14(15)10-13)18-16(19)17(2)8-4-3-5-9-17/h12-15H,3-11H2,1-2H3,(H,18,19)/t12-,13-,14-,15-/m1/s1. The van der Waals surface area contributed by atoms with Gasteiger partial charge < -0.3 is 5.32 Å². The second-order valence-electron chi connectivity index (χ2n) is 7.72. The van der Waals surface area contributed by atoms with E-state index in [1.807, 2.05) is 0 Å². The quantitative estimate of drug-likeness (QED) is 0.822. The zero-order chi connectivity index (χ0) is 13.5. The molecule has 4 atom stereocenters. The Bertz CT molecular complexity index is 345. The van der Waals surface area contributed by atoms with E-state index in [2.05, 4.69) is 19.2 Å². The van der Waals surface area contributed by atoms with Crippen LogP contribution in [0, 0.1) is 23.2 Å². The molecule has 19 heavy (non-hydrogen) atoms. The molecule has 0 saturated heterocycles. The Morgan fingerprint density at radius 2 is 1.89 bits per heavy atom. The zero-order valence-corrected chi connectivity index (χ0v) is 12.6. The molecule has 2 heteroatoms. The highest BCUT2D eigenvalue weighted by atomic mass is 16.2. The topological polar surface area (TPSA) is 29.1 Å². The molecule has 0 unspecified atom stereocenters. The molecule has 0 aromatic heterocycles. The summed E-state index contributed by atoms with van der Waals surface area (Å²) in [4.78, 5) is 12.6. The van der Waals surface area contributed by atoms with Gasteiger partial charge in [-0.3, -0.25) is 4.79 Å². The van der Waals surface area contributed by atoms with Crippen LogP contribution in [0.15, 0.2) is 0 Å². The van der Waals surface area contributed by atoms with E-state index < -0.39 is 0 Å². The average Bonchev–Trinajstić information content (AvgIpc) is 3.01. The molecule has 2 bridgehead atoms. The van der Waals surface area contributed by atoms with E-state index in [4.69, 9.17) is 0 Å². The number of hydrogen-bond donors (Lipinski definition) is 1. The number of amides is 1. The molecule has 0 radical (unpaired) electrons. The highest BCUT2D eigenvalue weighted by molar-refractivity contribution is 5.82. The summed E-state index contributed by atoms with van der Waals surface area (Å²) in [5.41, 5.74) is -0.0792. The van der Waals surface area contributed by atoms with Crippen LogP contribution < -0.4 is 5.32 Å². The predicted molar refractivity (Wildman–Crippen MR) is 77.7 cm³/mol. The van der Waals surface area contributed by atoms with Crippen LogP contribution in [0.3, 0.4) is 0 Å². The van der Waals surface area contributed by atoms with Gasteiger partial charge in [0.2, 0.25) is 5.91 Å². The number of carbonyl (C=O) groups excluding carboxylic acids is 1. The summed E-state index contributed by atoms with van der Waals surface area (Å²) in [5.74, 6) is 2.97. The van der Waals surface area contributed by atoms with Gasteiger partial charge in [-0.05, 0) is 56.8 Å². The van der Waals surface area contributed by atoms with Crippen LogP contribution >= 0.6 is 0 Å². The van der Waals surface area contributed by atoms with Crippen molar-refractivity contribution in [1.82, 2.24) is 5.32 Å². The highest BCUT2D eigenvalue weighted by Crippen LogP contribution is 2.49. The fraction of sp³-hybridized carbons (Fsp3) is 0.941. The molecule has 3 fully saturated rings. The van der Waals surface area contributed by atoms with Crippen molar-refractivity contribution in [2.75, 3.05) is 0 Å². The van der Waals surface area contributed by atoms with Gasteiger partial charge in [0.1, 0.15) is 0 Å². The summed E-state index contributed by atoms with van der Waals surface area (Å²) in [7, 11) is 0. The molecule has 0 spiro atoms. The molecule has 0 aromatic carbocycles. The van der Waals surface area contributed by atoms with Crippen LogP contribution in [0.5, 0.6) is 0 Å². The first kappa shape index (κ1) is 13.5. The molecular weight excluding hydrogens is 234 g/mol. The Labute approximate surface area is 117 Å². The van der Waals surface area contributed by atoms with E-state index in [1.54, 1.807) is 0 Å². The molecular formula is C17H29NO. The number of hydrogen-bond acceptors (Lipinski definition) is 1. The molecule has 1 N–H and O–H groups in total. The molecule has 3 aliphatic rings. The van der Waals surface area contributed by atoms with Gasteiger partial charge >= 0.3 is 0 Å². The first-order chi connectivity index (χ1) is 9.08. The lowest BCUT2D eigenvalue weighted by atomic mass is 9.74. The van der Waals surface area contributed by atoms with Crippen molar-refractivity contribution >= 4 is 5.91 Å². The average molecular weight is 263 g/mol. The lowest BCUT2D eigenvalue weighted by molar-refractivity contribution is -0.133. The van der Waals surface area contributed by atoms with Gasteiger partial charge in [-0.25, -0.2) is 0 Å². The Kier molecular flexibility index (Phi) is 3.61. The second kappa shape index (κ2) is 5.10. The molecule has 3 saturated carbocycles. The van der Waals surface area contributed by atoms with Crippen LogP contribution in [0.1, 0.15) is 71.6 Å². The Morgan fingerprint density at radius 3 is 2.47 bits per heavy atom. The SMILES string of the molecule is C[C@@H](NC(=O)C1(C)CCCCC1)[C@H]1C[C@@H]2CC[C@@H]1C2. The second-order valence-corrected chi connectivity index (χ2v) is 7.72. The van der Waals surface area contributed by atoms with E-state index in [-0.39, 0.29) is 5.41 Å². The number of fused-ring (bicyclic) bond motifs is 2. The van der Waals surface area contributed by atoms with E-state index in [1.165, 1.54) is 44.9 Å². The Morgan fingerprint density at radius 1 is 1.16 bits per heavy atom. The number of rotatable bonds is 3. The van der Waals surface area contributed by atoms with E-state index in [0.29, 0.717) is 11.9 Å². The molecule has 2 nitrogen and oxygen atoms in total. The fourth-order valence-electron chi connectivity index (χ4n) is 4.95. The van der Waals surface area contributed by atoms with Crippen LogP contribution in [0.4, 0.5) is 0 Å². The third kappa shape index (κ3) is 2.55. The van der Waals surface area contributed by atoms with Crippen LogP contribution in [0.25, 0.3) is 0 Å². The van der Waals surface area contributed by atoms with Crippen molar-refractivity contribution in [2.24, 2.45) is 23.2 Å². The monoisotopic (exact) mass is 263 g/mol. The van der Waals surface area contributed by atoms with Crippen molar-refractivity contribution in [1.29, 1.82) is 0 Å². The van der Waals surface area contributed by atoms with Gasteiger partial charge in [0.05, 0.1) is 0 Å². The molecule has 108 valence electrons. The number of nitrogens with one attached hydrogen (secondary N) is 1. The van der Waals surface area contributed by atoms with Crippen molar-refractivity contribution < 1.29 is 4.79 Å².